The molecule has 1 heterocycles. The fourth-order valence-electron chi connectivity index (χ4n) is 6.00. The molecule has 0 bridgehead atoms. The van der Waals surface area contributed by atoms with E-state index in [0.29, 0.717) is 5.56 Å². The van der Waals surface area contributed by atoms with Gasteiger partial charge in [0.2, 0.25) is 0 Å². The van der Waals surface area contributed by atoms with Crippen molar-refractivity contribution in [2.24, 2.45) is 0 Å². The van der Waals surface area contributed by atoms with Gasteiger partial charge in [0.15, 0.2) is 0 Å². The lowest BCUT2D eigenvalue weighted by atomic mass is 9.90. The van der Waals surface area contributed by atoms with Crippen LogP contribution in [0.3, 0.4) is 0 Å². The van der Waals surface area contributed by atoms with E-state index in [4.69, 9.17) is 0 Å². The third-order valence-electron chi connectivity index (χ3n) is 8.07. The fraction of sp³-hybridized carbons (Fsp3) is 0.0789. The highest BCUT2D eigenvalue weighted by Gasteiger charge is 2.31. The minimum Gasteiger partial charge on any atom is -0.279 e. The Morgan fingerprint density at radius 3 is 1.69 bits per heavy atom. The van der Waals surface area contributed by atoms with Crippen molar-refractivity contribution in [3.63, 3.8) is 0 Å². The van der Waals surface area contributed by atoms with E-state index in [1.807, 2.05) is 24.3 Å². The first-order chi connectivity index (χ1) is 20.8. The zero-order valence-corrected chi connectivity index (χ0v) is 23.0. The summed E-state index contributed by atoms with van der Waals surface area (Å²) in [6.07, 6.45) is -0.223. The Balaban J connectivity index is 1.34. The number of rotatable bonds is 5. The molecule has 1 saturated heterocycles. The molecule has 0 spiro atoms. The van der Waals surface area contributed by atoms with Crippen molar-refractivity contribution in [2.45, 2.75) is 18.5 Å². The van der Waals surface area contributed by atoms with Crippen LogP contribution in [-0.4, -0.2) is 0 Å². The van der Waals surface area contributed by atoms with Crippen LogP contribution in [0.5, 0.6) is 0 Å². The summed E-state index contributed by atoms with van der Waals surface area (Å²) in [5.74, 6) is 0. The van der Waals surface area contributed by atoms with Crippen LogP contribution in [-0.2, 0) is 0 Å². The summed E-state index contributed by atoms with van der Waals surface area (Å²) in [6, 6.07) is 52.8. The Labute approximate surface area is 246 Å². The van der Waals surface area contributed by atoms with Crippen molar-refractivity contribution >= 4 is 10.8 Å². The van der Waals surface area contributed by atoms with E-state index in [-0.39, 0.29) is 18.5 Å². The molecular formula is C38H30N4. The molecule has 0 aromatic heterocycles. The third-order valence-corrected chi connectivity index (χ3v) is 8.07. The first-order valence-electron chi connectivity index (χ1n) is 14.3. The highest BCUT2D eigenvalue weighted by Crippen LogP contribution is 2.38. The van der Waals surface area contributed by atoms with Crippen LogP contribution in [0.1, 0.15) is 40.8 Å². The lowest BCUT2D eigenvalue weighted by Crippen LogP contribution is -2.54. The van der Waals surface area contributed by atoms with E-state index in [2.05, 4.69) is 143 Å². The third kappa shape index (κ3) is 4.98. The van der Waals surface area contributed by atoms with Gasteiger partial charge in [-0.05, 0) is 55.8 Å². The summed E-state index contributed by atoms with van der Waals surface area (Å²) in [6.45, 7) is 0. The van der Waals surface area contributed by atoms with Gasteiger partial charge in [-0.25, -0.2) is 0 Å². The quantitative estimate of drug-likeness (QED) is 0.205. The second-order valence-corrected chi connectivity index (χ2v) is 10.6. The molecule has 1 aliphatic rings. The van der Waals surface area contributed by atoms with Crippen molar-refractivity contribution < 1.29 is 0 Å². The molecular weight excluding hydrogens is 512 g/mol. The monoisotopic (exact) mass is 542 g/mol. The number of nitrogens with zero attached hydrogens (tertiary/aromatic N) is 1. The molecule has 0 aliphatic carbocycles. The lowest BCUT2D eigenvalue weighted by molar-refractivity contribution is 0.203. The summed E-state index contributed by atoms with van der Waals surface area (Å²) in [5.41, 5.74) is 8.54. The van der Waals surface area contributed by atoms with E-state index in [1.54, 1.807) is 0 Å². The first kappa shape index (κ1) is 25.9. The Kier molecular flexibility index (Phi) is 7.05. The van der Waals surface area contributed by atoms with E-state index in [0.717, 1.165) is 16.7 Å². The lowest BCUT2D eigenvalue weighted by Gasteiger charge is -2.40. The SMILES string of the molecule is N#Cc1ccccc1-c1ccc(-c2c(C3NC(c4ccccc4)NC(c4ccccc4)N3)ccc3ccccc23)cc1. The summed E-state index contributed by atoms with van der Waals surface area (Å²) in [5, 5.41) is 23.5. The second-order valence-electron chi connectivity index (χ2n) is 10.6. The molecule has 4 heteroatoms. The average molecular weight is 543 g/mol. The molecule has 2 atom stereocenters. The zero-order valence-electron chi connectivity index (χ0n) is 23.0. The Morgan fingerprint density at radius 2 is 1.02 bits per heavy atom. The maximum Gasteiger partial charge on any atom is 0.0998 e. The van der Waals surface area contributed by atoms with Gasteiger partial charge in [-0.3, -0.25) is 16.0 Å². The highest BCUT2D eigenvalue weighted by atomic mass is 15.4. The first-order valence-corrected chi connectivity index (χ1v) is 14.3. The van der Waals surface area contributed by atoms with E-state index >= 15 is 0 Å². The van der Waals surface area contributed by atoms with Crippen molar-refractivity contribution in [3.8, 4) is 28.3 Å². The predicted molar refractivity (Wildman–Crippen MR) is 170 cm³/mol. The number of hydrogen-bond acceptors (Lipinski definition) is 4. The van der Waals surface area contributed by atoms with Crippen LogP contribution in [0.25, 0.3) is 33.0 Å². The number of benzene rings is 6. The number of fused-ring (bicyclic) bond motifs is 1. The Hall–Kier alpha value is -5.05. The van der Waals surface area contributed by atoms with Gasteiger partial charge in [0.25, 0.3) is 0 Å². The molecule has 1 aliphatic heterocycles. The average Bonchev–Trinajstić information content (AvgIpc) is 3.08. The molecule has 1 fully saturated rings. The largest absolute Gasteiger partial charge is 0.279 e. The summed E-state index contributed by atoms with van der Waals surface area (Å²) in [4.78, 5) is 0. The van der Waals surface area contributed by atoms with E-state index in [9.17, 15) is 5.26 Å². The van der Waals surface area contributed by atoms with Gasteiger partial charge in [-0.15, -0.1) is 0 Å². The smallest absolute Gasteiger partial charge is 0.0998 e. The molecule has 202 valence electrons. The number of nitriles is 1. The summed E-state index contributed by atoms with van der Waals surface area (Å²) >= 11 is 0. The zero-order chi connectivity index (χ0) is 28.3. The maximum atomic E-state index is 9.65. The van der Waals surface area contributed by atoms with Crippen LogP contribution < -0.4 is 16.0 Å². The van der Waals surface area contributed by atoms with Crippen molar-refractivity contribution in [3.05, 3.63) is 168 Å². The van der Waals surface area contributed by atoms with Gasteiger partial charge >= 0.3 is 0 Å². The van der Waals surface area contributed by atoms with Gasteiger partial charge < -0.3 is 0 Å². The molecule has 0 radical (unpaired) electrons. The molecule has 6 aromatic rings. The fourth-order valence-corrected chi connectivity index (χ4v) is 6.00. The normalized spacial score (nSPS) is 18.4. The van der Waals surface area contributed by atoms with Gasteiger partial charge in [0.1, 0.15) is 0 Å². The number of nitrogens with one attached hydrogen (secondary N) is 3. The van der Waals surface area contributed by atoms with Crippen molar-refractivity contribution in [1.29, 1.82) is 5.26 Å². The maximum absolute atomic E-state index is 9.65. The minimum atomic E-state index is -0.125. The summed E-state index contributed by atoms with van der Waals surface area (Å²) in [7, 11) is 0. The van der Waals surface area contributed by atoms with Gasteiger partial charge in [-0.2, -0.15) is 5.26 Å². The Bertz CT molecular complexity index is 1830. The minimum absolute atomic E-state index is 0.0492. The van der Waals surface area contributed by atoms with Crippen LogP contribution in [0.2, 0.25) is 0 Å². The Morgan fingerprint density at radius 1 is 0.476 bits per heavy atom. The molecule has 6 aromatic carbocycles. The standard InChI is InChI=1S/C38H30N4/c39-25-31-16-8-9-17-32(31)27-19-21-28(22-20-27)35-33-18-10-7-11-26(33)23-24-34(35)38-41-36(29-12-3-1-4-13-29)40-37(42-38)30-14-5-2-6-15-30/h1-24,36-38,40-42H. The highest BCUT2D eigenvalue weighted by molar-refractivity contribution is 5.98. The molecule has 7 rings (SSSR count). The van der Waals surface area contributed by atoms with Crippen LogP contribution >= 0.6 is 0 Å². The molecule has 3 N–H and O–H groups in total. The molecule has 0 saturated carbocycles. The van der Waals surface area contributed by atoms with Crippen LogP contribution in [0.15, 0.2) is 146 Å². The molecule has 2 unspecified atom stereocenters. The van der Waals surface area contributed by atoms with Gasteiger partial charge in [-0.1, -0.05) is 140 Å². The molecule has 4 nitrogen and oxygen atoms in total. The predicted octanol–water partition coefficient (Wildman–Crippen LogP) is 8.22. The van der Waals surface area contributed by atoms with Gasteiger partial charge in [0, 0.05) is 0 Å². The van der Waals surface area contributed by atoms with Crippen LogP contribution in [0, 0.1) is 11.3 Å². The van der Waals surface area contributed by atoms with Crippen molar-refractivity contribution in [2.75, 3.05) is 0 Å². The molecule has 42 heavy (non-hydrogen) atoms. The topological polar surface area (TPSA) is 59.9 Å². The summed E-state index contributed by atoms with van der Waals surface area (Å²) < 4.78 is 0. The van der Waals surface area contributed by atoms with Crippen molar-refractivity contribution in [1.82, 2.24) is 16.0 Å². The second kappa shape index (κ2) is 11.4. The van der Waals surface area contributed by atoms with E-state index < -0.39 is 0 Å². The van der Waals surface area contributed by atoms with E-state index in [1.165, 1.54) is 33.0 Å². The molecule has 0 amide bonds. The van der Waals surface area contributed by atoms with Crippen LogP contribution in [0.4, 0.5) is 0 Å². The number of hydrogen-bond donors (Lipinski definition) is 3. The van der Waals surface area contributed by atoms with Gasteiger partial charge in [0.05, 0.1) is 30.1 Å².